The van der Waals surface area contributed by atoms with E-state index in [-0.39, 0.29) is 5.91 Å². The number of nitrogens with zero attached hydrogens (tertiary/aromatic N) is 2. The number of hydrogen-bond donors (Lipinski definition) is 1. The number of nitrogens with one attached hydrogen (secondary N) is 1. The number of hydrogen-bond acceptors (Lipinski definition) is 3. The second-order valence-electron chi connectivity index (χ2n) is 5.50. The monoisotopic (exact) mass is 365 g/mol. The molecule has 0 aliphatic carbocycles. The number of pyridine rings is 1. The van der Waals surface area contributed by atoms with Gasteiger partial charge in [-0.05, 0) is 37.1 Å². The van der Waals surface area contributed by atoms with Gasteiger partial charge >= 0.3 is 0 Å². The van der Waals surface area contributed by atoms with Gasteiger partial charge in [0.05, 0.1) is 27.5 Å². The van der Waals surface area contributed by atoms with Crippen LogP contribution in [-0.2, 0) is 0 Å². The van der Waals surface area contributed by atoms with Crippen molar-refractivity contribution in [3.05, 3.63) is 52.3 Å². The molecule has 1 aromatic heterocycles. The molecule has 1 heterocycles. The van der Waals surface area contributed by atoms with Gasteiger partial charge < -0.3 is 10.2 Å². The molecule has 4 nitrogen and oxygen atoms in total. The number of anilines is 2. The maximum Gasteiger partial charge on any atom is 0.257 e. The molecule has 0 fully saturated rings. The predicted octanol–water partition coefficient (Wildman–Crippen LogP) is 5.27. The Morgan fingerprint density at radius 2 is 1.79 bits per heavy atom. The lowest BCUT2D eigenvalue weighted by Crippen LogP contribution is -2.25. The van der Waals surface area contributed by atoms with Crippen LogP contribution in [0.5, 0.6) is 0 Å². The van der Waals surface area contributed by atoms with E-state index in [4.69, 9.17) is 23.2 Å². The fraction of sp³-hybridized carbons (Fsp3) is 0.333. The largest absolute Gasteiger partial charge is 0.370 e. The summed E-state index contributed by atoms with van der Waals surface area (Å²) in [5, 5.41) is 3.67. The minimum Gasteiger partial charge on any atom is -0.370 e. The van der Waals surface area contributed by atoms with Crippen LogP contribution in [-0.4, -0.2) is 24.0 Å². The van der Waals surface area contributed by atoms with Crippen LogP contribution in [0, 0.1) is 0 Å². The molecule has 128 valence electrons. The Labute approximate surface area is 152 Å². The Hall–Kier alpha value is -1.78. The summed E-state index contributed by atoms with van der Waals surface area (Å²) in [5.41, 5.74) is 2.06. The minimum atomic E-state index is -0.226. The van der Waals surface area contributed by atoms with Gasteiger partial charge in [0.15, 0.2) is 0 Å². The molecule has 6 heteroatoms. The highest BCUT2D eigenvalue weighted by molar-refractivity contribution is 6.42. The minimum absolute atomic E-state index is 0.226. The quantitative estimate of drug-likeness (QED) is 0.726. The van der Waals surface area contributed by atoms with Gasteiger partial charge in [-0.1, -0.05) is 37.0 Å². The van der Waals surface area contributed by atoms with Gasteiger partial charge in [-0.3, -0.25) is 9.78 Å². The molecular formula is C18H21Cl2N3O. The summed E-state index contributed by atoms with van der Waals surface area (Å²) in [7, 11) is 0. The van der Waals surface area contributed by atoms with Crippen LogP contribution in [0.15, 0.2) is 36.7 Å². The molecule has 0 spiro atoms. The first-order chi connectivity index (χ1) is 11.5. The molecule has 0 aliphatic heterocycles. The Bertz CT molecular complexity index is 700. The molecule has 0 aliphatic rings. The molecule has 1 N–H and O–H groups in total. The van der Waals surface area contributed by atoms with Crippen LogP contribution < -0.4 is 10.2 Å². The zero-order valence-electron chi connectivity index (χ0n) is 13.9. The molecule has 1 amide bonds. The van der Waals surface area contributed by atoms with E-state index in [9.17, 15) is 4.79 Å². The number of amides is 1. The Morgan fingerprint density at radius 1 is 1.08 bits per heavy atom. The summed E-state index contributed by atoms with van der Waals surface area (Å²) >= 11 is 11.9. The third kappa shape index (κ3) is 4.86. The van der Waals surface area contributed by atoms with Crippen molar-refractivity contribution in [1.82, 2.24) is 4.98 Å². The van der Waals surface area contributed by atoms with Crippen LogP contribution in [0.25, 0.3) is 0 Å². The van der Waals surface area contributed by atoms with Crippen molar-refractivity contribution in [1.29, 1.82) is 0 Å². The van der Waals surface area contributed by atoms with Crippen molar-refractivity contribution in [2.24, 2.45) is 0 Å². The normalized spacial score (nSPS) is 10.5. The average Bonchev–Trinajstić information content (AvgIpc) is 2.58. The van der Waals surface area contributed by atoms with E-state index in [0.29, 0.717) is 21.3 Å². The molecular weight excluding hydrogens is 345 g/mol. The van der Waals surface area contributed by atoms with Crippen molar-refractivity contribution in [3.8, 4) is 0 Å². The van der Waals surface area contributed by atoms with E-state index in [0.717, 1.165) is 31.6 Å². The average molecular weight is 366 g/mol. The third-order valence-electron chi connectivity index (χ3n) is 3.52. The van der Waals surface area contributed by atoms with Gasteiger partial charge in [-0.25, -0.2) is 0 Å². The highest BCUT2D eigenvalue weighted by Crippen LogP contribution is 2.25. The van der Waals surface area contributed by atoms with E-state index in [1.54, 1.807) is 30.6 Å². The van der Waals surface area contributed by atoms with Crippen LogP contribution in [0.1, 0.15) is 37.0 Å². The molecule has 2 aromatic rings. The number of halogens is 2. The number of rotatable bonds is 7. The first-order valence-electron chi connectivity index (χ1n) is 8.01. The lowest BCUT2D eigenvalue weighted by molar-refractivity contribution is 0.102. The molecule has 0 saturated heterocycles. The molecule has 0 radical (unpaired) electrons. The smallest absolute Gasteiger partial charge is 0.257 e. The molecule has 24 heavy (non-hydrogen) atoms. The molecule has 1 aromatic carbocycles. The summed E-state index contributed by atoms with van der Waals surface area (Å²) in [6.45, 7) is 6.15. The molecule has 0 saturated carbocycles. The van der Waals surface area contributed by atoms with Crippen LogP contribution >= 0.6 is 23.2 Å². The van der Waals surface area contributed by atoms with E-state index >= 15 is 0 Å². The van der Waals surface area contributed by atoms with Gasteiger partial charge in [0.1, 0.15) is 0 Å². The Balaban J connectivity index is 2.17. The molecule has 0 atom stereocenters. The van der Waals surface area contributed by atoms with Crippen molar-refractivity contribution < 1.29 is 4.79 Å². The zero-order chi connectivity index (χ0) is 17.5. The Morgan fingerprint density at radius 3 is 2.42 bits per heavy atom. The molecule has 0 unspecified atom stereocenters. The highest BCUT2D eigenvalue weighted by atomic mass is 35.5. The van der Waals surface area contributed by atoms with Gasteiger partial charge in [-0.2, -0.15) is 0 Å². The topological polar surface area (TPSA) is 45.2 Å². The number of aromatic nitrogens is 1. The van der Waals surface area contributed by atoms with Crippen molar-refractivity contribution in [2.45, 2.75) is 26.7 Å². The third-order valence-corrected chi connectivity index (χ3v) is 4.25. The molecule has 2 rings (SSSR count). The summed E-state index contributed by atoms with van der Waals surface area (Å²) in [6, 6.07) is 6.85. The van der Waals surface area contributed by atoms with Crippen molar-refractivity contribution >= 4 is 40.5 Å². The number of benzene rings is 1. The summed E-state index contributed by atoms with van der Waals surface area (Å²) in [4.78, 5) is 18.9. The first-order valence-corrected chi connectivity index (χ1v) is 8.77. The van der Waals surface area contributed by atoms with Gasteiger partial charge in [0.25, 0.3) is 5.91 Å². The molecule has 0 bridgehead atoms. The zero-order valence-corrected chi connectivity index (χ0v) is 15.4. The summed E-state index contributed by atoms with van der Waals surface area (Å²) in [6.07, 6.45) is 5.44. The van der Waals surface area contributed by atoms with Crippen molar-refractivity contribution in [2.75, 3.05) is 23.3 Å². The summed E-state index contributed by atoms with van der Waals surface area (Å²) < 4.78 is 0. The van der Waals surface area contributed by atoms with Crippen LogP contribution in [0.4, 0.5) is 11.4 Å². The number of carbonyl (C=O) groups excluding carboxylic acids is 1. The van der Waals surface area contributed by atoms with E-state index in [2.05, 4.69) is 29.0 Å². The fourth-order valence-electron chi connectivity index (χ4n) is 2.41. The number of carbonyl (C=O) groups is 1. The van der Waals surface area contributed by atoms with Gasteiger partial charge in [0, 0.05) is 25.0 Å². The fourth-order valence-corrected chi connectivity index (χ4v) is 2.71. The Kier molecular flexibility index (Phi) is 6.88. The van der Waals surface area contributed by atoms with Crippen LogP contribution in [0.3, 0.4) is 0 Å². The summed E-state index contributed by atoms with van der Waals surface area (Å²) in [5.74, 6) is -0.226. The first kappa shape index (κ1) is 18.6. The standard InChI is InChI=1S/C18H21Cl2N3O/c1-3-7-23(8-4-2)15-9-13(11-21-12-15)18(24)22-14-5-6-16(19)17(20)10-14/h5-6,9-12H,3-4,7-8H2,1-2H3,(H,22,24). The lowest BCUT2D eigenvalue weighted by Gasteiger charge is -2.23. The van der Waals surface area contributed by atoms with E-state index in [1.807, 2.05) is 6.07 Å². The second-order valence-corrected chi connectivity index (χ2v) is 6.32. The maximum absolute atomic E-state index is 12.5. The SMILES string of the molecule is CCCN(CCC)c1cncc(C(=O)Nc2ccc(Cl)c(Cl)c2)c1. The van der Waals surface area contributed by atoms with Crippen molar-refractivity contribution in [3.63, 3.8) is 0 Å². The van der Waals surface area contributed by atoms with E-state index in [1.165, 1.54) is 0 Å². The van der Waals surface area contributed by atoms with Gasteiger partial charge in [0.2, 0.25) is 0 Å². The van der Waals surface area contributed by atoms with E-state index < -0.39 is 0 Å². The predicted molar refractivity (Wildman–Crippen MR) is 101 cm³/mol. The highest BCUT2D eigenvalue weighted by Gasteiger charge is 2.11. The lowest BCUT2D eigenvalue weighted by atomic mass is 10.2. The second kappa shape index (κ2) is 8.90. The maximum atomic E-state index is 12.5. The van der Waals surface area contributed by atoms with Gasteiger partial charge in [-0.15, -0.1) is 0 Å². The van der Waals surface area contributed by atoms with Crippen LogP contribution in [0.2, 0.25) is 10.0 Å².